The monoisotopic (exact) mass is 324 g/mol. The zero-order valence-corrected chi connectivity index (χ0v) is 14.2. The van der Waals surface area contributed by atoms with Gasteiger partial charge in [-0.1, -0.05) is 6.92 Å². The fourth-order valence-corrected chi connectivity index (χ4v) is 3.17. The van der Waals surface area contributed by atoms with E-state index in [4.69, 9.17) is 0 Å². The predicted molar refractivity (Wildman–Crippen MR) is 86.8 cm³/mol. The van der Waals surface area contributed by atoms with Gasteiger partial charge >= 0.3 is 6.03 Å². The largest absolute Gasteiger partial charge is 0.343 e. The second kappa shape index (κ2) is 8.17. The molecule has 2 rings (SSSR count). The first kappa shape index (κ1) is 17.6. The van der Waals surface area contributed by atoms with Gasteiger partial charge < -0.3 is 20.0 Å². The van der Waals surface area contributed by atoms with Crippen LogP contribution in [0.15, 0.2) is 0 Å². The summed E-state index contributed by atoms with van der Waals surface area (Å²) in [5.41, 5.74) is 0. The molecule has 0 aromatic rings. The molecular weight excluding hydrogens is 296 g/mol. The molecular formula is C16H28N4O3. The van der Waals surface area contributed by atoms with Crippen molar-refractivity contribution in [3.8, 4) is 0 Å². The van der Waals surface area contributed by atoms with E-state index in [0.29, 0.717) is 45.8 Å². The third-order valence-corrected chi connectivity index (χ3v) is 4.69. The maximum atomic E-state index is 12.6. The molecule has 7 nitrogen and oxygen atoms in total. The van der Waals surface area contributed by atoms with E-state index in [1.165, 1.54) is 0 Å². The molecule has 7 heteroatoms. The summed E-state index contributed by atoms with van der Waals surface area (Å²) in [6.45, 7) is 8.01. The second-order valence-corrected chi connectivity index (χ2v) is 6.32. The number of piperidine rings is 1. The Kier molecular flexibility index (Phi) is 6.24. The molecule has 0 aromatic heterocycles. The average Bonchev–Trinajstić information content (AvgIpc) is 2.59. The first-order valence-corrected chi connectivity index (χ1v) is 8.60. The lowest BCUT2D eigenvalue weighted by molar-refractivity contribution is -0.141. The number of hydrogen-bond acceptors (Lipinski definition) is 3. The summed E-state index contributed by atoms with van der Waals surface area (Å²) in [4.78, 5) is 41.3. The van der Waals surface area contributed by atoms with E-state index in [1.807, 2.05) is 11.8 Å². The molecule has 23 heavy (non-hydrogen) atoms. The van der Waals surface area contributed by atoms with E-state index in [-0.39, 0.29) is 23.8 Å². The number of hydrogen-bond donors (Lipinski definition) is 1. The lowest BCUT2D eigenvalue weighted by Gasteiger charge is -2.38. The van der Waals surface area contributed by atoms with Crippen LogP contribution in [0.2, 0.25) is 0 Å². The van der Waals surface area contributed by atoms with Gasteiger partial charge in [-0.3, -0.25) is 9.59 Å². The Bertz CT molecular complexity index is 439. The number of nitrogens with zero attached hydrogens (tertiary/aromatic N) is 3. The number of nitrogens with one attached hydrogen (secondary N) is 1. The van der Waals surface area contributed by atoms with Crippen LogP contribution in [0.5, 0.6) is 0 Å². The molecule has 0 bridgehead atoms. The molecule has 0 spiro atoms. The number of piperazine rings is 1. The molecule has 1 N–H and O–H groups in total. The van der Waals surface area contributed by atoms with Gasteiger partial charge in [0.1, 0.15) is 0 Å². The molecule has 4 amide bonds. The van der Waals surface area contributed by atoms with E-state index >= 15 is 0 Å². The summed E-state index contributed by atoms with van der Waals surface area (Å²) in [5, 5.41) is 2.87. The number of carbonyl (C=O) groups excluding carboxylic acids is 3. The minimum atomic E-state index is -0.0336. The van der Waals surface area contributed by atoms with E-state index in [9.17, 15) is 14.4 Å². The summed E-state index contributed by atoms with van der Waals surface area (Å²) < 4.78 is 0. The van der Waals surface area contributed by atoms with Crippen LogP contribution in [-0.4, -0.2) is 78.4 Å². The fraction of sp³-hybridized carbons (Fsp3) is 0.812. The van der Waals surface area contributed by atoms with Gasteiger partial charge in [0.2, 0.25) is 11.8 Å². The Morgan fingerprint density at radius 1 is 0.913 bits per heavy atom. The minimum absolute atomic E-state index is 0.0195. The van der Waals surface area contributed by atoms with E-state index in [2.05, 4.69) is 5.32 Å². The van der Waals surface area contributed by atoms with Gasteiger partial charge in [-0.05, 0) is 19.3 Å². The Hall–Kier alpha value is -1.79. The van der Waals surface area contributed by atoms with Crippen LogP contribution < -0.4 is 5.32 Å². The molecule has 0 unspecified atom stereocenters. The molecule has 130 valence electrons. The van der Waals surface area contributed by atoms with E-state index in [0.717, 1.165) is 19.3 Å². The average molecular weight is 324 g/mol. The number of rotatable bonds is 3. The van der Waals surface area contributed by atoms with Gasteiger partial charge in [0, 0.05) is 58.7 Å². The topological polar surface area (TPSA) is 73.0 Å². The van der Waals surface area contributed by atoms with Crippen LogP contribution in [-0.2, 0) is 9.59 Å². The number of urea groups is 1. The van der Waals surface area contributed by atoms with Crippen LogP contribution >= 0.6 is 0 Å². The summed E-state index contributed by atoms with van der Waals surface area (Å²) in [6.07, 6.45) is 2.41. The highest BCUT2D eigenvalue weighted by molar-refractivity contribution is 5.80. The standard InChI is InChI=1S/C16H28N4O3/c1-3-6-17-16(23)20-11-9-19(10-12-20)15(22)14-4-7-18(8-5-14)13(2)21/h14H,3-12H2,1-2H3,(H,17,23). The molecule has 0 saturated carbocycles. The molecule has 0 aliphatic carbocycles. The van der Waals surface area contributed by atoms with Crippen molar-refractivity contribution in [2.45, 2.75) is 33.1 Å². The zero-order valence-electron chi connectivity index (χ0n) is 14.2. The lowest BCUT2D eigenvalue weighted by Crippen LogP contribution is -2.55. The highest BCUT2D eigenvalue weighted by atomic mass is 16.2. The maximum Gasteiger partial charge on any atom is 0.317 e. The van der Waals surface area contributed by atoms with Gasteiger partial charge in [-0.2, -0.15) is 0 Å². The first-order valence-electron chi connectivity index (χ1n) is 8.60. The molecule has 2 fully saturated rings. The maximum absolute atomic E-state index is 12.6. The van der Waals surface area contributed by atoms with Crippen LogP contribution in [0, 0.1) is 5.92 Å². The Morgan fingerprint density at radius 2 is 1.48 bits per heavy atom. The minimum Gasteiger partial charge on any atom is -0.343 e. The Balaban J connectivity index is 1.76. The SMILES string of the molecule is CCCNC(=O)N1CCN(C(=O)C2CCN(C(C)=O)CC2)CC1. The van der Waals surface area contributed by atoms with Crippen molar-refractivity contribution in [3.05, 3.63) is 0 Å². The van der Waals surface area contributed by atoms with Gasteiger partial charge in [-0.15, -0.1) is 0 Å². The van der Waals surface area contributed by atoms with Gasteiger partial charge in [0.15, 0.2) is 0 Å². The molecule has 0 radical (unpaired) electrons. The lowest BCUT2D eigenvalue weighted by atomic mass is 9.95. The fourth-order valence-electron chi connectivity index (χ4n) is 3.17. The number of amides is 4. The third-order valence-electron chi connectivity index (χ3n) is 4.69. The molecule has 2 aliphatic rings. The highest BCUT2D eigenvalue weighted by Gasteiger charge is 2.31. The molecule has 2 heterocycles. The number of carbonyl (C=O) groups is 3. The molecule has 0 atom stereocenters. The predicted octanol–water partition coefficient (Wildman–Crippen LogP) is 0.509. The smallest absolute Gasteiger partial charge is 0.317 e. The molecule has 2 aliphatic heterocycles. The molecule has 0 aromatic carbocycles. The zero-order chi connectivity index (χ0) is 16.8. The summed E-state index contributed by atoms with van der Waals surface area (Å²) in [5.74, 6) is 0.287. The van der Waals surface area contributed by atoms with Crippen molar-refractivity contribution in [2.75, 3.05) is 45.8 Å². The van der Waals surface area contributed by atoms with Crippen molar-refractivity contribution in [2.24, 2.45) is 5.92 Å². The first-order chi connectivity index (χ1) is 11.0. The normalized spacial score (nSPS) is 19.7. The third kappa shape index (κ3) is 4.59. The number of likely N-dealkylation sites (tertiary alicyclic amines) is 1. The van der Waals surface area contributed by atoms with Gasteiger partial charge in [0.05, 0.1) is 0 Å². The van der Waals surface area contributed by atoms with Gasteiger partial charge in [-0.25, -0.2) is 4.79 Å². The second-order valence-electron chi connectivity index (χ2n) is 6.32. The van der Waals surface area contributed by atoms with Crippen LogP contribution in [0.25, 0.3) is 0 Å². The van der Waals surface area contributed by atoms with E-state index < -0.39 is 0 Å². The summed E-state index contributed by atoms with van der Waals surface area (Å²) in [7, 11) is 0. The quantitative estimate of drug-likeness (QED) is 0.822. The van der Waals surface area contributed by atoms with Crippen LogP contribution in [0.4, 0.5) is 4.79 Å². The Morgan fingerprint density at radius 3 is 2.00 bits per heavy atom. The summed E-state index contributed by atoms with van der Waals surface area (Å²) in [6, 6.07) is -0.0336. The van der Waals surface area contributed by atoms with Crippen molar-refractivity contribution in [1.29, 1.82) is 0 Å². The Labute approximate surface area is 138 Å². The van der Waals surface area contributed by atoms with Crippen molar-refractivity contribution < 1.29 is 14.4 Å². The van der Waals surface area contributed by atoms with Crippen LogP contribution in [0.1, 0.15) is 33.1 Å². The van der Waals surface area contributed by atoms with Crippen molar-refractivity contribution >= 4 is 17.8 Å². The highest BCUT2D eigenvalue weighted by Crippen LogP contribution is 2.20. The van der Waals surface area contributed by atoms with Crippen molar-refractivity contribution in [3.63, 3.8) is 0 Å². The summed E-state index contributed by atoms with van der Waals surface area (Å²) >= 11 is 0. The van der Waals surface area contributed by atoms with Crippen molar-refractivity contribution in [1.82, 2.24) is 20.0 Å². The molecule has 2 saturated heterocycles. The van der Waals surface area contributed by atoms with Crippen LogP contribution in [0.3, 0.4) is 0 Å². The van der Waals surface area contributed by atoms with Gasteiger partial charge in [0.25, 0.3) is 0 Å². The van der Waals surface area contributed by atoms with E-state index in [1.54, 1.807) is 16.7 Å².